The first-order valence-electron chi connectivity index (χ1n) is 12.3. The Morgan fingerprint density at radius 2 is 1.56 bits per heavy atom. The van der Waals surface area contributed by atoms with E-state index in [1.807, 2.05) is 0 Å². The van der Waals surface area contributed by atoms with Crippen LogP contribution in [0.1, 0.15) is 36.8 Å². The minimum atomic E-state index is -1.51. The summed E-state index contributed by atoms with van der Waals surface area (Å²) in [4.78, 5) is 53.0. The highest BCUT2D eigenvalue weighted by Gasteiger charge is 2.49. The Hall–Kier alpha value is -4.00. The van der Waals surface area contributed by atoms with Crippen LogP contribution in [0.25, 0.3) is 11.3 Å². The van der Waals surface area contributed by atoms with Crippen LogP contribution in [0, 0.1) is 0 Å². The van der Waals surface area contributed by atoms with E-state index in [1.54, 1.807) is 42.6 Å². The van der Waals surface area contributed by atoms with Crippen molar-refractivity contribution in [3.05, 3.63) is 70.1 Å². The van der Waals surface area contributed by atoms with E-state index < -0.39 is 48.5 Å². The summed E-state index contributed by atoms with van der Waals surface area (Å²) >= 11 is 11.9. The summed E-state index contributed by atoms with van der Waals surface area (Å²) < 4.78 is 28.5. The number of esters is 4. The largest absolute Gasteiger partial charge is 0.456 e. The van der Waals surface area contributed by atoms with Crippen LogP contribution < -0.4 is 0 Å². The van der Waals surface area contributed by atoms with Crippen molar-refractivity contribution < 1.29 is 42.9 Å². The average Bonchev–Trinajstić information content (AvgIpc) is 3.32. The van der Waals surface area contributed by atoms with Gasteiger partial charge in [0.2, 0.25) is 12.4 Å². The Labute approximate surface area is 244 Å². The van der Waals surface area contributed by atoms with Crippen LogP contribution in [0.5, 0.6) is 0 Å². The maximum absolute atomic E-state index is 13.5. The summed E-state index contributed by atoms with van der Waals surface area (Å²) in [5.41, 5.74) is 1.85. The zero-order valence-corrected chi connectivity index (χ0v) is 23.6. The van der Waals surface area contributed by atoms with Crippen molar-refractivity contribution in [2.75, 3.05) is 6.61 Å². The van der Waals surface area contributed by atoms with E-state index in [0.717, 1.165) is 20.8 Å². The molecule has 0 aliphatic carbocycles. The molecule has 1 aliphatic rings. The number of pyridine rings is 1. The van der Waals surface area contributed by atoms with Gasteiger partial charge in [-0.2, -0.15) is 5.10 Å². The number of hydrogen-bond donors (Lipinski definition) is 0. The molecule has 0 bridgehead atoms. The first-order chi connectivity index (χ1) is 19.5. The molecule has 0 N–H and O–H groups in total. The molecule has 1 fully saturated rings. The molecule has 1 aliphatic heterocycles. The van der Waals surface area contributed by atoms with Crippen molar-refractivity contribution in [2.24, 2.45) is 0 Å². The lowest BCUT2D eigenvalue weighted by molar-refractivity contribution is -0.266. The van der Waals surface area contributed by atoms with E-state index in [2.05, 4.69) is 10.1 Å². The van der Waals surface area contributed by atoms with E-state index in [1.165, 1.54) is 10.7 Å². The van der Waals surface area contributed by atoms with Gasteiger partial charge in [-0.25, -0.2) is 9.78 Å². The number of carbonyl (C=O) groups excluding carboxylic acids is 4. The van der Waals surface area contributed by atoms with Gasteiger partial charge in [-0.05, 0) is 29.8 Å². The third-order valence-electron chi connectivity index (χ3n) is 5.78. The van der Waals surface area contributed by atoms with Crippen LogP contribution >= 0.6 is 23.2 Å². The van der Waals surface area contributed by atoms with Gasteiger partial charge >= 0.3 is 23.9 Å². The highest BCUT2D eigenvalue weighted by molar-refractivity contribution is 6.30. The van der Waals surface area contributed by atoms with Gasteiger partial charge in [-0.1, -0.05) is 41.4 Å². The number of aromatic nitrogens is 3. The van der Waals surface area contributed by atoms with Gasteiger partial charge in [0.15, 0.2) is 12.2 Å². The third kappa shape index (κ3) is 7.81. The molecule has 2 aromatic heterocycles. The number of carbonyl (C=O) groups is 4. The first kappa shape index (κ1) is 30.0. The molecule has 4 rings (SSSR count). The van der Waals surface area contributed by atoms with Crippen molar-refractivity contribution in [1.82, 2.24) is 14.8 Å². The predicted octanol–water partition coefficient (Wildman–Crippen LogP) is 3.61. The van der Waals surface area contributed by atoms with E-state index in [9.17, 15) is 19.2 Å². The van der Waals surface area contributed by atoms with Gasteiger partial charge in [0.1, 0.15) is 10.8 Å². The molecule has 0 spiro atoms. The number of benzene rings is 1. The quantitative estimate of drug-likeness (QED) is 0.211. The molecule has 41 heavy (non-hydrogen) atoms. The zero-order valence-electron chi connectivity index (χ0n) is 22.1. The fourth-order valence-electron chi connectivity index (χ4n) is 4.11. The summed E-state index contributed by atoms with van der Waals surface area (Å²) in [6, 6.07) is 11.7. The van der Waals surface area contributed by atoms with Crippen molar-refractivity contribution in [2.45, 2.75) is 51.9 Å². The van der Waals surface area contributed by atoms with Crippen LogP contribution in [0.3, 0.4) is 0 Å². The number of nitrogens with zero attached hydrogens (tertiary/aromatic N) is 3. The van der Waals surface area contributed by atoms with Gasteiger partial charge in [-0.15, -0.1) is 0 Å². The second-order valence-electron chi connectivity index (χ2n) is 8.97. The Bertz CT molecular complexity index is 1430. The van der Waals surface area contributed by atoms with E-state index in [4.69, 9.17) is 46.9 Å². The van der Waals surface area contributed by atoms with Gasteiger partial charge in [0.25, 0.3) is 0 Å². The van der Waals surface area contributed by atoms with Crippen LogP contribution in [-0.2, 0) is 44.6 Å². The van der Waals surface area contributed by atoms with Crippen molar-refractivity contribution in [3.8, 4) is 11.3 Å². The third-order valence-corrected chi connectivity index (χ3v) is 6.25. The zero-order chi connectivity index (χ0) is 29.7. The molecule has 4 atom stereocenters. The first-order valence-corrected chi connectivity index (χ1v) is 13.0. The van der Waals surface area contributed by atoms with Crippen LogP contribution in [0.2, 0.25) is 10.2 Å². The average molecular weight is 606 g/mol. The van der Waals surface area contributed by atoms with Gasteiger partial charge in [0, 0.05) is 37.6 Å². The topological polar surface area (TPSA) is 145 Å². The maximum Gasteiger partial charge on any atom is 0.359 e. The predicted molar refractivity (Wildman–Crippen MR) is 143 cm³/mol. The van der Waals surface area contributed by atoms with Crippen molar-refractivity contribution in [3.63, 3.8) is 0 Å². The van der Waals surface area contributed by atoms with Crippen LogP contribution in [0.4, 0.5) is 0 Å². The Morgan fingerprint density at radius 1 is 0.902 bits per heavy atom. The Balaban J connectivity index is 1.66. The van der Waals surface area contributed by atoms with Gasteiger partial charge in [0.05, 0.1) is 18.8 Å². The second kappa shape index (κ2) is 13.1. The maximum atomic E-state index is 13.5. The lowest BCUT2D eigenvalue weighted by atomic mass is 10.0. The molecular weight excluding hydrogens is 581 g/mol. The minimum absolute atomic E-state index is 0.0289. The lowest BCUT2D eigenvalue weighted by Crippen LogP contribution is -2.58. The number of hydrogen-bond acceptors (Lipinski definition) is 11. The molecule has 12 nitrogen and oxygen atoms in total. The summed E-state index contributed by atoms with van der Waals surface area (Å²) in [7, 11) is 0. The van der Waals surface area contributed by atoms with Crippen LogP contribution in [-0.4, -0.2) is 69.9 Å². The monoisotopic (exact) mass is 605 g/mol. The van der Waals surface area contributed by atoms with Gasteiger partial charge < -0.3 is 23.7 Å². The summed E-state index contributed by atoms with van der Waals surface area (Å²) in [6.07, 6.45) is -3.83. The van der Waals surface area contributed by atoms with E-state index >= 15 is 0 Å². The van der Waals surface area contributed by atoms with Crippen molar-refractivity contribution >= 4 is 47.1 Å². The summed E-state index contributed by atoms with van der Waals surface area (Å²) in [5, 5.41) is 5.40. The molecule has 3 heterocycles. The highest BCUT2D eigenvalue weighted by Crippen LogP contribution is 2.27. The molecule has 0 radical (unpaired) electrons. The summed E-state index contributed by atoms with van der Waals surface area (Å²) in [6.45, 7) is 3.24. The SMILES string of the molecule is CC(=O)O[C@@H]1[C@@H](OC(C)=O)[C@H](OC(=O)c2cc(-c3ccc(Cl)cc3)nn2Cc2ccc(Cl)nc2)OC[C@H]1OC(C)=O. The fraction of sp³-hybridized carbons (Fsp3) is 0.333. The fourth-order valence-corrected chi connectivity index (χ4v) is 4.35. The smallest absolute Gasteiger partial charge is 0.359 e. The lowest BCUT2D eigenvalue weighted by Gasteiger charge is -2.39. The van der Waals surface area contributed by atoms with Crippen molar-refractivity contribution in [1.29, 1.82) is 0 Å². The Morgan fingerprint density at radius 3 is 2.17 bits per heavy atom. The molecule has 14 heteroatoms. The second-order valence-corrected chi connectivity index (χ2v) is 9.80. The molecule has 0 amide bonds. The molecule has 216 valence electrons. The molecule has 1 saturated heterocycles. The normalized spacial score (nSPS) is 20.1. The van der Waals surface area contributed by atoms with Gasteiger partial charge in [-0.3, -0.25) is 19.1 Å². The molecular formula is C27H25Cl2N3O9. The van der Waals surface area contributed by atoms with Crippen LogP contribution in [0.15, 0.2) is 48.7 Å². The number of rotatable bonds is 8. The summed E-state index contributed by atoms with van der Waals surface area (Å²) in [5.74, 6) is -3.07. The molecule has 0 saturated carbocycles. The van der Waals surface area contributed by atoms with E-state index in [0.29, 0.717) is 27.0 Å². The Kier molecular flexibility index (Phi) is 9.58. The number of halogens is 2. The van der Waals surface area contributed by atoms with E-state index in [-0.39, 0.29) is 18.8 Å². The standard InChI is InChI=1S/C27H25Cl2N3O9/c1-14(33)38-22-13-37-27(25(40-16(3)35)24(22)39-15(2)34)41-26(36)21-10-20(18-5-7-19(28)8-6-18)31-32(21)12-17-4-9-23(29)30-11-17/h4-11,22,24-25,27H,12-13H2,1-3H3/t22-,24+,25-,27+/m1/s1. The molecule has 1 aromatic carbocycles. The minimum Gasteiger partial charge on any atom is -0.456 e. The molecule has 3 aromatic rings. The molecule has 0 unspecified atom stereocenters. The highest BCUT2D eigenvalue weighted by atomic mass is 35.5. The number of ether oxygens (including phenoxy) is 5.